The minimum Gasteiger partial charge on any atom is -0.396 e. The molecule has 2 saturated heterocycles. The van der Waals surface area contributed by atoms with Crippen molar-refractivity contribution in [2.75, 3.05) is 52.5 Å². The standard InChI is InChI=1S/C15H30N2O2/c1-14(2,3)17-8-6-16(7-9-17)12-15(13-18)4-10-19-11-5-15/h18H,4-13H2,1-3H3. The van der Waals surface area contributed by atoms with Gasteiger partial charge < -0.3 is 14.7 Å². The van der Waals surface area contributed by atoms with Crippen molar-refractivity contribution < 1.29 is 9.84 Å². The molecule has 0 spiro atoms. The first-order chi connectivity index (χ1) is 8.95. The molecule has 0 aromatic rings. The third-order valence-electron chi connectivity index (χ3n) is 4.77. The zero-order valence-corrected chi connectivity index (χ0v) is 12.8. The van der Waals surface area contributed by atoms with Crippen molar-refractivity contribution in [2.45, 2.75) is 39.2 Å². The van der Waals surface area contributed by atoms with Crippen molar-refractivity contribution in [2.24, 2.45) is 5.41 Å². The highest BCUT2D eigenvalue weighted by Gasteiger charge is 2.35. The van der Waals surface area contributed by atoms with Gasteiger partial charge in [-0.25, -0.2) is 0 Å². The van der Waals surface area contributed by atoms with E-state index in [1.54, 1.807) is 0 Å². The third-order valence-corrected chi connectivity index (χ3v) is 4.77. The molecule has 2 fully saturated rings. The molecule has 2 rings (SSSR count). The summed E-state index contributed by atoms with van der Waals surface area (Å²) >= 11 is 0. The number of rotatable bonds is 3. The molecule has 112 valence electrons. The topological polar surface area (TPSA) is 35.9 Å². The van der Waals surface area contributed by atoms with Gasteiger partial charge in [0.15, 0.2) is 0 Å². The summed E-state index contributed by atoms with van der Waals surface area (Å²) in [6, 6.07) is 0. The lowest BCUT2D eigenvalue weighted by Gasteiger charge is -2.46. The second kappa shape index (κ2) is 6.08. The zero-order valence-electron chi connectivity index (χ0n) is 12.8. The fourth-order valence-corrected chi connectivity index (χ4v) is 3.22. The molecule has 0 aliphatic carbocycles. The first-order valence-corrected chi connectivity index (χ1v) is 7.61. The van der Waals surface area contributed by atoms with Crippen LogP contribution in [0.3, 0.4) is 0 Å². The Hall–Kier alpha value is -0.160. The Morgan fingerprint density at radius 1 is 1.05 bits per heavy atom. The number of aliphatic hydroxyl groups excluding tert-OH is 1. The smallest absolute Gasteiger partial charge is 0.0501 e. The predicted octanol–water partition coefficient (Wildman–Crippen LogP) is 1.19. The van der Waals surface area contributed by atoms with E-state index < -0.39 is 0 Å². The SMILES string of the molecule is CC(C)(C)N1CCN(CC2(CO)CCOCC2)CC1. The quantitative estimate of drug-likeness (QED) is 0.836. The molecule has 0 saturated carbocycles. The Bertz CT molecular complexity index is 274. The molecule has 0 atom stereocenters. The largest absolute Gasteiger partial charge is 0.396 e. The molecule has 19 heavy (non-hydrogen) atoms. The Balaban J connectivity index is 1.84. The summed E-state index contributed by atoms with van der Waals surface area (Å²) in [5, 5.41) is 9.76. The molecule has 0 bridgehead atoms. The summed E-state index contributed by atoms with van der Waals surface area (Å²) in [5.74, 6) is 0. The minimum atomic E-state index is 0.0855. The monoisotopic (exact) mass is 270 g/mol. The lowest BCUT2D eigenvalue weighted by molar-refractivity contribution is -0.0447. The molecule has 0 unspecified atom stereocenters. The van der Waals surface area contributed by atoms with Crippen molar-refractivity contribution in [1.82, 2.24) is 9.80 Å². The normalized spacial score (nSPS) is 26.5. The van der Waals surface area contributed by atoms with Crippen molar-refractivity contribution in [3.63, 3.8) is 0 Å². The van der Waals surface area contributed by atoms with E-state index in [2.05, 4.69) is 30.6 Å². The molecule has 1 N–H and O–H groups in total. The summed E-state index contributed by atoms with van der Waals surface area (Å²) in [5.41, 5.74) is 0.363. The van der Waals surface area contributed by atoms with Crippen LogP contribution in [0.2, 0.25) is 0 Å². The lowest BCUT2D eigenvalue weighted by atomic mass is 9.80. The van der Waals surface area contributed by atoms with Gasteiger partial charge >= 0.3 is 0 Å². The maximum Gasteiger partial charge on any atom is 0.0501 e. The maximum absolute atomic E-state index is 9.76. The number of piperazine rings is 1. The highest BCUT2D eigenvalue weighted by molar-refractivity contribution is 4.88. The van der Waals surface area contributed by atoms with Crippen LogP contribution in [0.25, 0.3) is 0 Å². The summed E-state index contributed by atoms with van der Waals surface area (Å²) in [6.45, 7) is 14.3. The molecular formula is C15H30N2O2. The molecule has 4 nitrogen and oxygen atoms in total. The Labute approximate surface area is 117 Å². The van der Waals surface area contributed by atoms with Crippen molar-refractivity contribution in [1.29, 1.82) is 0 Å². The number of hydrogen-bond acceptors (Lipinski definition) is 4. The fraction of sp³-hybridized carbons (Fsp3) is 1.00. The average molecular weight is 270 g/mol. The summed E-state index contributed by atoms with van der Waals surface area (Å²) in [4.78, 5) is 5.09. The van der Waals surface area contributed by atoms with Crippen molar-refractivity contribution >= 4 is 0 Å². The molecule has 0 aromatic heterocycles. The number of aliphatic hydroxyl groups is 1. The zero-order chi connectivity index (χ0) is 13.9. The number of hydrogen-bond donors (Lipinski definition) is 1. The molecule has 2 heterocycles. The van der Waals surface area contributed by atoms with Crippen LogP contribution in [0.15, 0.2) is 0 Å². The van der Waals surface area contributed by atoms with E-state index in [1.807, 2.05) is 0 Å². The minimum absolute atomic E-state index is 0.0855. The summed E-state index contributed by atoms with van der Waals surface area (Å²) in [7, 11) is 0. The fourth-order valence-electron chi connectivity index (χ4n) is 3.22. The summed E-state index contributed by atoms with van der Waals surface area (Å²) < 4.78 is 5.44. The van der Waals surface area contributed by atoms with E-state index in [0.717, 1.165) is 58.8 Å². The van der Waals surface area contributed by atoms with Gasteiger partial charge in [0.05, 0.1) is 6.61 Å². The van der Waals surface area contributed by atoms with Crippen LogP contribution >= 0.6 is 0 Å². The molecule has 4 heteroatoms. The third kappa shape index (κ3) is 3.91. The van der Waals surface area contributed by atoms with E-state index in [0.29, 0.717) is 6.61 Å². The van der Waals surface area contributed by atoms with Crippen molar-refractivity contribution in [3.8, 4) is 0 Å². The van der Waals surface area contributed by atoms with E-state index in [4.69, 9.17) is 4.74 Å². The van der Waals surface area contributed by atoms with Gasteiger partial charge in [0.25, 0.3) is 0 Å². The molecule has 2 aliphatic rings. The second-order valence-electron chi connectivity index (χ2n) is 7.20. The average Bonchev–Trinajstić information content (AvgIpc) is 2.39. The van der Waals surface area contributed by atoms with E-state index >= 15 is 0 Å². The van der Waals surface area contributed by atoms with Gasteiger partial charge in [0.2, 0.25) is 0 Å². The molecule has 0 radical (unpaired) electrons. The first kappa shape index (κ1) is 15.2. The van der Waals surface area contributed by atoms with Crippen LogP contribution in [-0.4, -0.2) is 73.0 Å². The molecule has 0 aromatic carbocycles. The molecule has 2 aliphatic heterocycles. The van der Waals surface area contributed by atoms with Gasteiger partial charge in [-0.1, -0.05) is 0 Å². The lowest BCUT2D eigenvalue weighted by Crippen LogP contribution is -2.56. The van der Waals surface area contributed by atoms with Gasteiger partial charge in [-0.05, 0) is 33.6 Å². The van der Waals surface area contributed by atoms with Crippen LogP contribution in [-0.2, 0) is 4.74 Å². The summed E-state index contributed by atoms with van der Waals surface area (Å²) in [6.07, 6.45) is 2.01. The van der Waals surface area contributed by atoms with E-state index in [9.17, 15) is 5.11 Å². The second-order valence-corrected chi connectivity index (χ2v) is 7.20. The highest BCUT2D eigenvalue weighted by atomic mass is 16.5. The molecule has 0 amide bonds. The Morgan fingerprint density at radius 3 is 2.11 bits per heavy atom. The van der Waals surface area contributed by atoms with Crippen LogP contribution in [0.1, 0.15) is 33.6 Å². The van der Waals surface area contributed by atoms with Gasteiger partial charge in [0, 0.05) is 56.9 Å². The van der Waals surface area contributed by atoms with Crippen LogP contribution in [0.4, 0.5) is 0 Å². The Kier molecular flexibility index (Phi) is 4.88. The van der Waals surface area contributed by atoms with Crippen molar-refractivity contribution in [3.05, 3.63) is 0 Å². The Morgan fingerprint density at radius 2 is 1.63 bits per heavy atom. The molecular weight excluding hydrogens is 240 g/mol. The van der Waals surface area contributed by atoms with Gasteiger partial charge in [-0.3, -0.25) is 4.90 Å². The van der Waals surface area contributed by atoms with Crippen LogP contribution in [0, 0.1) is 5.41 Å². The number of ether oxygens (including phenoxy) is 1. The van der Waals surface area contributed by atoms with Gasteiger partial charge in [-0.2, -0.15) is 0 Å². The van der Waals surface area contributed by atoms with Crippen LogP contribution < -0.4 is 0 Å². The maximum atomic E-state index is 9.76. The van der Waals surface area contributed by atoms with Gasteiger partial charge in [0.1, 0.15) is 0 Å². The number of nitrogens with zero attached hydrogens (tertiary/aromatic N) is 2. The first-order valence-electron chi connectivity index (χ1n) is 7.61. The van der Waals surface area contributed by atoms with Gasteiger partial charge in [-0.15, -0.1) is 0 Å². The van der Waals surface area contributed by atoms with E-state index in [-0.39, 0.29) is 11.0 Å². The van der Waals surface area contributed by atoms with Crippen LogP contribution in [0.5, 0.6) is 0 Å². The highest BCUT2D eigenvalue weighted by Crippen LogP contribution is 2.31. The van der Waals surface area contributed by atoms with E-state index in [1.165, 1.54) is 0 Å². The predicted molar refractivity (Wildman–Crippen MR) is 77.3 cm³/mol.